The van der Waals surface area contributed by atoms with Crippen LogP contribution in [0.25, 0.3) is 10.9 Å². The molecule has 0 bridgehead atoms. The summed E-state index contributed by atoms with van der Waals surface area (Å²) in [5.74, 6) is 2.80. The first kappa shape index (κ1) is 25.3. The summed E-state index contributed by atoms with van der Waals surface area (Å²) < 4.78 is 0. The summed E-state index contributed by atoms with van der Waals surface area (Å²) in [5.41, 5.74) is 1.53. The molecule has 2 atom stereocenters. The highest BCUT2D eigenvalue weighted by Crippen LogP contribution is 2.43. The highest BCUT2D eigenvalue weighted by Gasteiger charge is 2.37. The van der Waals surface area contributed by atoms with Crippen molar-refractivity contribution < 1.29 is 0 Å². The third-order valence-electron chi connectivity index (χ3n) is 8.43. The molecule has 188 valence electrons. The number of fused-ring (bicyclic) bond motifs is 1. The standard InChI is InChI=1S/C28H46N6/c1-6-28(2,3)22-12-13-23(20-22)34-18-16-33(17-19-34)21-26-30-25-11-8-7-10-24(25)27(31-26)29-14-9-15-32(4)5/h7-8,10-11,22-23H,6,9,12-21H2,1-5H3,(H,29,30,31). The van der Waals surface area contributed by atoms with Crippen LogP contribution in [0.5, 0.6) is 0 Å². The highest BCUT2D eigenvalue weighted by atomic mass is 15.3. The molecule has 0 amide bonds. The largest absolute Gasteiger partial charge is 0.369 e. The van der Waals surface area contributed by atoms with E-state index in [4.69, 9.17) is 9.97 Å². The Morgan fingerprint density at radius 1 is 1.06 bits per heavy atom. The average Bonchev–Trinajstić information content (AvgIpc) is 3.33. The first-order valence-corrected chi connectivity index (χ1v) is 13.5. The van der Waals surface area contributed by atoms with Crippen molar-refractivity contribution in [1.82, 2.24) is 24.7 Å². The summed E-state index contributed by atoms with van der Waals surface area (Å²) in [7, 11) is 4.24. The fraction of sp³-hybridized carbons (Fsp3) is 0.714. The van der Waals surface area contributed by atoms with Gasteiger partial charge in [-0.25, -0.2) is 9.97 Å². The van der Waals surface area contributed by atoms with Crippen molar-refractivity contribution >= 4 is 16.7 Å². The lowest BCUT2D eigenvalue weighted by Gasteiger charge is -2.38. The summed E-state index contributed by atoms with van der Waals surface area (Å²) >= 11 is 0. The zero-order chi connectivity index (χ0) is 24.1. The van der Waals surface area contributed by atoms with E-state index in [0.717, 1.165) is 73.6 Å². The van der Waals surface area contributed by atoms with Crippen LogP contribution in [0.4, 0.5) is 5.82 Å². The van der Waals surface area contributed by atoms with Gasteiger partial charge in [-0.2, -0.15) is 0 Å². The molecule has 1 aromatic heterocycles. The van der Waals surface area contributed by atoms with Gasteiger partial charge in [0.1, 0.15) is 11.6 Å². The molecule has 34 heavy (non-hydrogen) atoms. The minimum absolute atomic E-state index is 0.488. The van der Waals surface area contributed by atoms with Crippen molar-refractivity contribution in [2.75, 3.05) is 58.7 Å². The Morgan fingerprint density at radius 2 is 1.82 bits per heavy atom. The lowest BCUT2D eigenvalue weighted by Crippen LogP contribution is -2.49. The lowest BCUT2D eigenvalue weighted by atomic mass is 9.76. The number of nitrogens with one attached hydrogen (secondary N) is 1. The van der Waals surface area contributed by atoms with Crippen LogP contribution in [0.15, 0.2) is 24.3 Å². The summed E-state index contributed by atoms with van der Waals surface area (Å²) in [6, 6.07) is 9.17. The molecule has 2 aromatic rings. The second-order valence-corrected chi connectivity index (χ2v) is 11.4. The van der Waals surface area contributed by atoms with Gasteiger partial charge in [0.2, 0.25) is 0 Å². The van der Waals surface area contributed by atoms with E-state index in [1.165, 1.54) is 38.8 Å². The maximum Gasteiger partial charge on any atom is 0.145 e. The third kappa shape index (κ3) is 6.27. The van der Waals surface area contributed by atoms with Gasteiger partial charge in [0.25, 0.3) is 0 Å². The fourth-order valence-corrected chi connectivity index (χ4v) is 5.71. The second kappa shape index (κ2) is 11.3. The minimum atomic E-state index is 0.488. The second-order valence-electron chi connectivity index (χ2n) is 11.4. The number of hydrogen-bond donors (Lipinski definition) is 1. The van der Waals surface area contributed by atoms with Crippen molar-refractivity contribution in [2.45, 2.75) is 65.5 Å². The molecule has 1 aliphatic carbocycles. The molecular formula is C28H46N6. The van der Waals surface area contributed by atoms with E-state index >= 15 is 0 Å². The Bertz CT molecular complexity index is 918. The number of para-hydroxylation sites is 1. The summed E-state index contributed by atoms with van der Waals surface area (Å²) in [5, 5.41) is 4.70. The van der Waals surface area contributed by atoms with Crippen molar-refractivity contribution in [1.29, 1.82) is 0 Å². The molecule has 0 spiro atoms. The van der Waals surface area contributed by atoms with Crippen LogP contribution >= 0.6 is 0 Å². The van der Waals surface area contributed by atoms with Crippen LogP contribution in [-0.4, -0.2) is 84.1 Å². The maximum absolute atomic E-state index is 4.96. The van der Waals surface area contributed by atoms with Crippen molar-refractivity contribution in [3.8, 4) is 0 Å². The van der Waals surface area contributed by atoms with Gasteiger partial charge in [-0.05, 0) is 69.8 Å². The van der Waals surface area contributed by atoms with Gasteiger partial charge < -0.3 is 10.2 Å². The SMILES string of the molecule is CCC(C)(C)C1CCC(N2CCN(Cc3nc(NCCCN(C)C)c4ccccc4n3)CC2)C1. The van der Waals surface area contributed by atoms with Gasteiger partial charge in [0.15, 0.2) is 0 Å². The Hall–Kier alpha value is -1.76. The predicted molar refractivity (Wildman–Crippen MR) is 143 cm³/mol. The van der Waals surface area contributed by atoms with Crippen LogP contribution < -0.4 is 5.32 Å². The maximum atomic E-state index is 4.96. The molecule has 1 saturated heterocycles. The zero-order valence-corrected chi connectivity index (χ0v) is 22.2. The lowest BCUT2D eigenvalue weighted by molar-refractivity contribution is 0.0859. The van der Waals surface area contributed by atoms with Crippen LogP contribution in [0.2, 0.25) is 0 Å². The van der Waals surface area contributed by atoms with Gasteiger partial charge in [-0.15, -0.1) is 0 Å². The molecule has 0 radical (unpaired) electrons. The predicted octanol–water partition coefficient (Wildman–Crippen LogP) is 4.72. The Morgan fingerprint density at radius 3 is 2.56 bits per heavy atom. The molecule has 1 N–H and O–H groups in total. The Labute approximate surface area is 207 Å². The molecule has 1 saturated carbocycles. The van der Waals surface area contributed by atoms with Gasteiger partial charge >= 0.3 is 0 Å². The third-order valence-corrected chi connectivity index (χ3v) is 8.43. The molecule has 2 heterocycles. The molecule has 6 nitrogen and oxygen atoms in total. The van der Waals surface area contributed by atoms with Gasteiger partial charge in [0.05, 0.1) is 12.1 Å². The quantitative estimate of drug-likeness (QED) is 0.512. The molecule has 1 aliphatic heterocycles. The molecule has 2 unspecified atom stereocenters. The number of anilines is 1. The van der Waals surface area contributed by atoms with E-state index in [-0.39, 0.29) is 0 Å². The van der Waals surface area contributed by atoms with Crippen molar-refractivity contribution in [3.63, 3.8) is 0 Å². The first-order valence-electron chi connectivity index (χ1n) is 13.5. The summed E-state index contributed by atoms with van der Waals surface area (Å²) in [4.78, 5) is 17.4. The molecule has 2 aliphatic rings. The minimum Gasteiger partial charge on any atom is -0.369 e. The topological polar surface area (TPSA) is 47.5 Å². The monoisotopic (exact) mass is 466 g/mol. The van der Waals surface area contributed by atoms with Crippen molar-refractivity contribution in [2.24, 2.45) is 11.3 Å². The van der Waals surface area contributed by atoms with Gasteiger partial charge in [-0.1, -0.05) is 39.3 Å². The average molecular weight is 467 g/mol. The van der Waals surface area contributed by atoms with Crippen LogP contribution in [0, 0.1) is 11.3 Å². The van der Waals surface area contributed by atoms with Gasteiger partial charge in [-0.3, -0.25) is 9.80 Å². The van der Waals surface area contributed by atoms with E-state index in [1.54, 1.807) is 0 Å². The molecule has 6 heteroatoms. The summed E-state index contributed by atoms with van der Waals surface area (Å²) in [6.07, 6.45) is 6.56. The van der Waals surface area contributed by atoms with E-state index in [1.807, 2.05) is 0 Å². The van der Waals surface area contributed by atoms with Crippen LogP contribution in [-0.2, 0) is 6.54 Å². The molecule has 1 aromatic carbocycles. The van der Waals surface area contributed by atoms with E-state index in [0.29, 0.717) is 5.41 Å². The molecule has 4 rings (SSSR count). The Kier molecular flexibility index (Phi) is 8.43. The molecule has 2 fully saturated rings. The number of hydrogen-bond acceptors (Lipinski definition) is 6. The highest BCUT2D eigenvalue weighted by molar-refractivity contribution is 5.88. The molecular weight excluding hydrogens is 420 g/mol. The zero-order valence-electron chi connectivity index (χ0n) is 22.2. The summed E-state index contributed by atoms with van der Waals surface area (Å²) in [6.45, 7) is 14.7. The van der Waals surface area contributed by atoms with E-state index in [9.17, 15) is 0 Å². The van der Waals surface area contributed by atoms with E-state index in [2.05, 4.69) is 79.1 Å². The number of rotatable bonds is 10. The van der Waals surface area contributed by atoms with Crippen molar-refractivity contribution in [3.05, 3.63) is 30.1 Å². The van der Waals surface area contributed by atoms with E-state index < -0.39 is 0 Å². The van der Waals surface area contributed by atoms with Crippen LogP contribution in [0.3, 0.4) is 0 Å². The normalized spacial score (nSPS) is 22.6. The number of nitrogens with zero attached hydrogens (tertiary/aromatic N) is 5. The number of piperazine rings is 1. The van der Waals surface area contributed by atoms with Gasteiger partial charge in [0, 0.05) is 44.2 Å². The first-order chi connectivity index (χ1) is 16.4. The van der Waals surface area contributed by atoms with Crippen LogP contribution in [0.1, 0.15) is 58.7 Å². The fourth-order valence-electron chi connectivity index (χ4n) is 5.71. The smallest absolute Gasteiger partial charge is 0.145 e. The number of benzene rings is 1. The Balaban J connectivity index is 1.34. The number of aromatic nitrogens is 2.